The topological polar surface area (TPSA) is 67.2 Å². The van der Waals surface area contributed by atoms with Crippen LogP contribution in [-0.2, 0) is 22.6 Å². The third kappa shape index (κ3) is 3.97. The number of nitrogens with zero attached hydrogens (tertiary/aromatic N) is 3. The highest BCUT2D eigenvalue weighted by atomic mass is 16.2. The third-order valence-electron chi connectivity index (χ3n) is 5.29. The van der Waals surface area contributed by atoms with Gasteiger partial charge in [0.15, 0.2) is 0 Å². The van der Waals surface area contributed by atoms with Crippen LogP contribution < -0.4 is 5.32 Å². The Morgan fingerprint density at radius 3 is 2.92 bits per heavy atom. The predicted molar refractivity (Wildman–Crippen MR) is 91.3 cm³/mol. The summed E-state index contributed by atoms with van der Waals surface area (Å²) in [5.41, 5.74) is 0. The van der Waals surface area contributed by atoms with Crippen molar-refractivity contribution < 1.29 is 9.59 Å². The fraction of sp³-hybridized carbons (Fsp3) is 0.722. The third-order valence-corrected chi connectivity index (χ3v) is 5.29. The lowest BCUT2D eigenvalue weighted by Gasteiger charge is -2.24. The first-order valence-corrected chi connectivity index (χ1v) is 9.23. The van der Waals surface area contributed by atoms with Crippen LogP contribution in [0.4, 0.5) is 0 Å². The molecule has 6 nitrogen and oxygen atoms in total. The number of carbonyl (C=O) groups excluding carboxylic acids is 2. The van der Waals surface area contributed by atoms with Crippen LogP contribution in [0.5, 0.6) is 0 Å². The number of nitrogens with one attached hydrogen (secondary N) is 1. The minimum absolute atomic E-state index is 0.0533. The van der Waals surface area contributed by atoms with Crippen LogP contribution in [-0.4, -0.2) is 45.4 Å². The monoisotopic (exact) mass is 332 g/mol. The van der Waals surface area contributed by atoms with E-state index >= 15 is 0 Å². The Balaban J connectivity index is 1.39. The standard InChI is InChI=1S/C18H28N4O2/c1-2-16-19-8-10-21(16)9-7-17(23)20-12-14-11-18(24)22(13-14)15-5-3-4-6-15/h8,10,14-15H,2-7,9,11-13H2,1H3,(H,20,23)/t14-/m0/s1. The molecule has 1 saturated heterocycles. The van der Waals surface area contributed by atoms with Gasteiger partial charge in [0.05, 0.1) is 0 Å². The molecule has 1 saturated carbocycles. The lowest BCUT2D eigenvalue weighted by Crippen LogP contribution is -2.36. The summed E-state index contributed by atoms with van der Waals surface area (Å²) < 4.78 is 2.03. The highest BCUT2D eigenvalue weighted by molar-refractivity contribution is 5.79. The molecule has 0 radical (unpaired) electrons. The first kappa shape index (κ1) is 17.0. The zero-order chi connectivity index (χ0) is 16.9. The summed E-state index contributed by atoms with van der Waals surface area (Å²) in [5.74, 6) is 1.60. The van der Waals surface area contributed by atoms with Crippen LogP contribution in [0.3, 0.4) is 0 Å². The van der Waals surface area contributed by atoms with Crippen LogP contribution in [0.2, 0.25) is 0 Å². The highest BCUT2D eigenvalue weighted by Crippen LogP contribution is 2.29. The predicted octanol–water partition coefficient (Wildman–Crippen LogP) is 1.74. The molecule has 0 unspecified atom stereocenters. The smallest absolute Gasteiger partial charge is 0.223 e. The second-order valence-electron chi connectivity index (χ2n) is 7.00. The number of hydrogen-bond acceptors (Lipinski definition) is 3. The van der Waals surface area contributed by atoms with Gasteiger partial charge in [-0.3, -0.25) is 9.59 Å². The van der Waals surface area contributed by atoms with Crippen LogP contribution in [0.25, 0.3) is 0 Å². The molecule has 2 aliphatic rings. The minimum Gasteiger partial charge on any atom is -0.356 e. The summed E-state index contributed by atoms with van der Waals surface area (Å²) in [7, 11) is 0. The van der Waals surface area contributed by atoms with E-state index in [4.69, 9.17) is 0 Å². The van der Waals surface area contributed by atoms with E-state index in [1.807, 2.05) is 10.8 Å². The average Bonchev–Trinajstić information content (AvgIpc) is 3.31. The number of carbonyl (C=O) groups is 2. The number of aryl methyl sites for hydroxylation is 2. The lowest BCUT2D eigenvalue weighted by molar-refractivity contribution is -0.129. The number of likely N-dealkylation sites (tertiary alicyclic amines) is 1. The molecule has 1 aliphatic carbocycles. The average molecular weight is 332 g/mol. The largest absolute Gasteiger partial charge is 0.356 e. The number of amides is 2. The maximum Gasteiger partial charge on any atom is 0.223 e. The van der Waals surface area contributed by atoms with E-state index in [1.54, 1.807) is 6.20 Å². The van der Waals surface area contributed by atoms with Crippen LogP contribution in [0.15, 0.2) is 12.4 Å². The molecule has 1 N–H and O–H groups in total. The zero-order valence-corrected chi connectivity index (χ0v) is 14.5. The van der Waals surface area contributed by atoms with Crippen LogP contribution in [0, 0.1) is 5.92 Å². The zero-order valence-electron chi connectivity index (χ0n) is 14.5. The van der Waals surface area contributed by atoms with Gasteiger partial charge in [-0.05, 0) is 12.8 Å². The molecule has 0 spiro atoms. The number of imidazole rings is 1. The normalized spacial score (nSPS) is 21.6. The van der Waals surface area contributed by atoms with Crippen molar-refractivity contribution in [3.8, 4) is 0 Å². The van der Waals surface area contributed by atoms with E-state index in [1.165, 1.54) is 12.8 Å². The first-order chi connectivity index (χ1) is 11.7. The lowest BCUT2D eigenvalue weighted by atomic mass is 10.1. The fourth-order valence-corrected chi connectivity index (χ4v) is 3.94. The second kappa shape index (κ2) is 7.81. The number of hydrogen-bond donors (Lipinski definition) is 1. The molecular formula is C18H28N4O2. The van der Waals surface area contributed by atoms with Crippen molar-refractivity contribution in [3.05, 3.63) is 18.2 Å². The molecule has 2 amide bonds. The number of rotatable bonds is 7. The first-order valence-electron chi connectivity index (χ1n) is 9.23. The van der Waals surface area contributed by atoms with Gasteiger partial charge in [-0.2, -0.15) is 0 Å². The minimum atomic E-state index is 0.0533. The van der Waals surface area contributed by atoms with Crippen molar-refractivity contribution >= 4 is 11.8 Å². The molecule has 3 rings (SSSR count). The summed E-state index contributed by atoms with van der Waals surface area (Å²) in [6, 6.07) is 0.451. The molecule has 1 aromatic heterocycles. The van der Waals surface area contributed by atoms with Gasteiger partial charge < -0.3 is 14.8 Å². The summed E-state index contributed by atoms with van der Waals surface area (Å²) in [4.78, 5) is 30.6. The van der Waals surface area contributed by atoms with E-state index in [9.17, 15) is 9.59 Å². The van der Waals surface area contributed by atoms with Crippen molar-refractivity contribution in [2.24, 2.45) is 5.92 Å². The van der Waals surface area contributed by atoms with E-state index in [2.05, 4.69) is 22.1 Å². The maximum absolute atomic E-state index is 12.2. The molecule has 2 heterocycles. The summed E-state index contributed by atoms with van der Waals surface area (Å²) in [6.45, 7) is 4.14. The van der Waals surface area contributed by atoms with Gasteiger partial charge in [0, 0.05) is 63.3 Å². The van der Waals surface area contributed by atoms with Crippen LogP contribution in [0.1, 0.15) is 51.3 Å². The second-order valence-corrected chi connectivity index (χ2v) is 7.00. The summed E-state index contributed by atoms with van der Waals surface area (Å²) in [6.07, 6.45) is 10.4. The van der Waals surface area contributed by atoms with Gasteiger partial charge in [0.1, 0.15) is 5.82 Å². The van der Waals surface area contributed by atoms with E-state index in [0.29, 0.717) is 32.0 Å². The molecule has 6 heteroatoms. The Morgan fingerprint density at radius 2 is 2.17 bits per heavy atom. The fourth-order valence-electron chi connectivity index (χ4n) is 3.94. The quantitative estimate of drug-likeness (QED) is 0.827. The maximum atomic E-state index is 12.2. The molecule has 0 aromatic carbocycles. The Morgan fingerprint density at radius 1 is 1.38 bits per heavy atom. The van der Waals surface area contributed by atoms with Gasteiger partial charge in [-0.1, -0.05) is 19.8 Å². The Labute approximate surface area is 143 Å². The Bertz CT molecular complexity index is 577. The van der Waals surface area contributed by atoms with E-state index in [-0.39, 0.29) is 17.7 Å². The van der Waals surface area contributed by atoms with Gasteiger partial charge in [-0.15, -0.1) is 0 Å². The Kier molecular flexibility index (Phi) is 5.53. The van der Waals surface area contributed by atoms with Gasteiger partial charge in [0.2, 0.25) is 11.8 Å². The molecule has 1 aromatic rings. The van der Waals surface area contributed by atoms with Crippen LogP contribution >= 0.6 is 0 Å². The van der Waals surface area contributed by atoms with Crippen molar-refractivity contribution in [2.75, 3.05) is 13.1 Å². The molecule has 1 atom stereocenters. The number of aromatic nitrogens is 2. The summed E-state index contributed by atoms with van der Waals surface area (Å²) >= 11 is 0. The highest BCUT2D eigenvalue weighted by Gasteiger charge is 2.35. The van der Waals surface area contributed by atoms with Crippen molar-refractivity contribution in [1.29, 1.82) is 0 Å². The molecular weight excluding hydrogens is 304 g/mol. The molecule has 1 aliphatic heterocycles. The van der Waals surface area contributed by atoms with Crippen molar-refractivity contribution in [3.63, 3.8) is 0 Å². The van der Waals surface area contributed by atoms with Gasteiger partial charge >= 0.3 is 0 Å². The molecule has 132 valence electrons. The van der Waals surface area contributed by atoms with E-state index in [0.717, 1.165) is 31.6 Å². The molecule has 0 bridgehead atoms. The summed E-state index contributed by atoms with van der Waals surface area (Å²) in [5, 5.41) is 3.00. The van der Waals surface area contributed by atoms with E-state index < -0.39 is 0 Å². The molecule has 24 heavy (non-hydrogen) atoms. The van der Waals surface area contributed by atoms with Crippen molar-refractivity contribution in [2.45, 2.75) is 64.5 Å². The molecule has 2 fully saturated rings. The SMILES string of the molecule is CCc1nccn1CCC(=O)NC[C@@H]1CC(=O)N(C2CCCC2)C1. The van der Waals surface area contributed by atoms with Gasteiger partial charge in [-0.25, -0.2) is 4.98 Å². The van der Waals surface area contributed by atoms with Gasteiger partial charge in [0.25, 0.3) is 0 Å². The Hall–Kier alpha value is -1.85. The van der Waals surface area contributed by atoms with Crippen molar-refractivity contribution in [1.82, 2.24) is 19.8 Å².